The molecule has 103 heavy (non-hydrogen) atoms. The van der Waals surface area contributed by atoms with Gasteiger partial charge >= 0.3 is 18.3 Å². The molecule has 5 aliphatic rings. The summed E-state index contributed by atoms with van der Waals surface area (Å²) in [4.78, 5) is 92.8. The van der Waals surface area contributed by atoms with Gasteiger partial charge in [-0.2, -0.15) is 29.4 Å². The molecule has 0 unspecified atom stereocenters. The van der Waals surface area contributed by atoms with E-state index < -0.39 is 80.4 Å². The molecule has 5 aliphatic heterocycles. The maximum atomic E-state index is 15.5. The van der Waals surface area contributed by atoms with Gasteiger partial charge in [-0.1, -0.05) is 14.9 Å². The van der Waals surface area contributed by atoms with Gasteiger partial charge in [0.05, 0.1) is 78.6 Å². The normalized spacial score (nSPS) is 17.1. The van der Waals surface area contributed by atoms with Crippen molar-refractivity contribution >= 4 is 93.8 Å². The van der Waals surface area contributed by atoms with Gasteiger partial charge in [0, 0.05) is 94.7 Å². The molecule has 0 saturated carbocycles. The summed E-state index contributed by atoms with van der Waals surface area (Å²) in [6.45, 7) is 30.7. The van der Waals surface area contributed by atoms with Crippen LogP contribution in [-0.4, -0.2) is 199 Å². The maximum absolute atomic E-state index is 15.5. The van der Waals surface area contributed by atoms with Crippen molar-refractivity contribution in [2.75, 3.05) is 105 Å². The summed E-state index contributed by atoms with van der Waals surface area (Å²) in [5.74, 6) is -0.900. The van der Waals surface area contributed by atoms with Crippen LogP contribution in [0.1, 0.15) is 171 Å². The Hall–Kier alpha value is -9.16. The zero-order chi connectivity index (χ0) is 74.3. The van der Waals surface area contributed by atoms with E-state index in [4.69, 9.17) is 25.8 Å². The number of nitrogens with one attached hydrogen (secondary N) is 8. The number of aromatic nitrogens is 12. The highest BCUT2D eigenvalue weighted by molar-refractivity contribution is 6.65. The number of carbonyl (C=O) groups is 5. The lowest BCUT2D eigenvalue weighted by Gasteiger charge is -2.40. The van der Waals surface area contributed by atoms with E-state index >= 15 is 4.39 Å². The fourth-order valence-corrected chi connectivity index (χ4v) is 12.0. The summed E-state index contributed by atoms with van der Waals surface area (Å²) < 4.78 is 89.8. The Morgan fingerprint density at radius 1 is 0.563 bits per heavy atom. The number of ether oxygens (including phenoxy) is 3. The van der Waals surface area contributed by atoms with Crippen LogP contribution < -0.4 is 37.2 Å². The number of amides is 2. The molecule has 6 aromatic rings. The van der Waals surface area contributed by atoms with Crippen molar-refractivity contribution in [3.8, 4) is 0 Å². The second kappa shape index (κ2) is 33.5. The monoisotopic (exact) mass is 1470 g/mol. The van der Waals surface area contributed by atoms with Crippen LogP contribution in [0.2, 0.25) is 0 Å². The number of aromatic amines is 1. The number of hydrogen-bond acceptors (Lipinski definition) is 26. The highest BCUT2D eigenvalue weighted by Crippen LogP contribution is 2.46. The summed E-state index contributed by atoms with van der Waals surface area (Å²) >= 11 is 5.11. The lowest BCUT2D eigenvalue weighted by molar-refractivity contribution is -0.153. The molecule has 6 aromatic heterocycles. The van der Waals surface area contributed by atoms with Gasteiger partial charge in [-0.25, -0.2) is 51.3 Å². The lowest BCUT2D eigenvalue weighted by atomic mass is 9.90. The molecule has 0 aliphatic carbocycles. The van der Waals surface area contributed by atoms with Gasteiger partial charge < -0.3 is 66.1 Å². The van der Waals surface area contributed by atoms with Crippen LogP contribution in [-0.2, 0) is 60.1 Å². The van der Waals surface area contributed by atoms with Crippen LogP contribution in [0, 0.1) is 17.5 Å². The quantitative estimate of drug-likeness (QED) is 0.0253. The Labute approximate surface area is 601 Å². The minimum atomic E-state index is -1.88. The fraction of sp³-hybridized carbons (Fsp3) is 0.606. The Morgan fingerprint density at radius 3 is 1.39 bits per heavy atom. The average Bonchev–Trinajstić information content (AvgIpc) is 1.61. The predicted molar refractivity (Wildman–Crippen MR) is 380 cm³/mol. The zero-order valence-electron chi connectivity index (χ0n) is 59.8. The van der Waals surface area contributed by atoms with Gasteiger partial charge in [0.2, 0.25) is 17.8 Å². The lowest BCUT2D eigenvalue weighted by Crippen LogP contribution is -2.54. The number of alkyl halides is 2. The Kier molecular flexibility index (Phi) is 26.9. The molecule has 0 aromatic carbocycles. The molecule has 8 N–H and O–H groups in total. The Bertz CT molecular complexity index is 3980. The van der Waals surface area contributed by atoms with Crippen molar-refractivity contribution in [3.63, 3.8) is 0 Å². The third-order valence-corrected chi connectivity index (χ3v) is 17.6. The van der Waals surface area contributed by atoms with E-state index in [0.29, 0.717) is 98.2 Å². The number of anilines is 9. The minimum absolute atomic E-state index is 0. The number of likely N-dealkylation sites (tertiary alicyclic amines) is 2. The first kappa shape index (κ1) is 82.8. The predicted octanol–water partition coefficient (Wildman–Crippen LogP) is 11.3. The van der Waals surface area contributed by atoms with Crippen LogP contribution in [0.25, 0.3) is 0 Å². The van der Waals surface area contributed by atoms with E-state index in [0.717, 1.165) is 28.8 Å². The standard InChI is InChI=1S/C21H30FN7O4.C20H28F2N8O.C16H22FN7O2.C7H11ClFNO.2CH4/c1-8-23-17-24-10-13(22)16(26-17)25-15-12-11-28(18(30)33-20(3,4)5)21(6,7)14(12)29(27-15)19(31)32-9-2;1-5-23-18-24-10-13(21)16(26-18)25-15-12-11-30(19(2,3)14(12)27-28-15)17(31)20(22)6-8-29(4)9-7-20;1-5-18-14-19-8-10(17)13(22-14)21-12-9-7-20-16(3,4)11(9)24(23-12)15(25)26-6-2;1-10-4-2-7(9,3-5-10)6(8)11;;/h10H,8-9,11H2,1-7H3,(H2,23,24,25,26,27);10H,5-9,11H2,1-4H3,(H3,23,24,25,26,27,28);8,20H,5-7H2,1-4H3,(H2,18,19,21,22,23);2-5H2,1H3;2*1H4. The maximum Gasteiger partial charge on any atom is 0.435 e. The van der Waals surface area contributed by atoms with Crippen molar-refractivity contribution in [2.24, 2.45) is 0 Å². The van der Waals surface area contributed by atoms with Gasteiger partial charge in [0.15, 0.2) is 63.7 Å². The fourth-order valence-electron chi connectivity index (χ4n) is 11.8. The number of fused-ring (bicyclic) bond motifs is 3. The SMILES string of the molecule is C.C.CCNc1ncc(F)c(Nc2n[nH]c3c2CN(C(=O)C2(F)CCN(C)CC2)C3(C)C)n1.CCNc1ncc(F)c(Nc2nn(C(=O)OCC)c3c2CN(C(=O)OC(C)(C)C)C3(C)C)n1.CCNc1ncc(F)c(Nc2nn(C(=O)OCC)c3c2CNC3(C)C)n1.CN1CCC(F)(C(=O)Cl)CC1. The molecule has 31 nitrogen and oxygen atoms in total. The largest absolute Gasteiger partial charge is 0.448 e. The molecule has 0 spiro atoms. The number of H-pyrrole nitrogens is 1. The van der Waals surface area contributed by atoms with E-state index in [-0.39, 0.29) is 102 Å². The number of nitrogens with zero attached hydrogens (tertiary/aromatic N) is 15. The van der Waals surface area contributed by atoms with Crippen molar-refractivity contribution in [3.05, 3.63) is 69.8 Å². The summed E-state index contributed by atoms with van der Waals surface area (Å²) in [5, 5.41) is 35.7. The van der Waals surface area contributed by atoms with Crippen molar-refractivity contribution in [1.29, 1.82) is 0 Å². The molecule has 2 fully saturated rings. The second-order valence-corrected chi connectivity index (χ2v) is 27.3. The van der Waals surface area contributed by atoms with E-state index in [9.17, 15) is 41.5 Å². The molecule has 2 amide bonds. The molecule has 0 atom stereocenters. The molecule has 11 heterocycles. The number of rotatable bonds is 16. The van der Waals surface area contributed by atoms with E-state index in [1.165, 1.54) is 9.58 Å². The van der Waals surface area contributed by atoms with Crippen molar-refractivity contribution in [1.82, 2.24) is 84.6 Å². The van der Waals surface area contributed by atoms with Crippen LogP contribution in [0.5, 0.6) is 0 Å². The molecule has 568 valence electrons. The molecule has 0 bridgehead atoms. The van der Waals surface area contributed by atoms with Crippen molar-refractivity contribution in [2.45, 2.75) is 191 Å². The third kappa shape index (κ3) is 18.6. The highest BCUT2D eigenvalue weighted by atomic mass is 35.5. The number of carbonyl (C=O) groups excluding carboxylic acids is 5. The minimum Gasteiger partial charge on any atom is -0.448 e. The molecule has 0 radical (unpaired) electrons. The van der Waals surface area contributed by atoms with Crippen LogP contribution in [0.15, 0.2) is 18.6 Å². The van der Waals surface area contributed by atoms with Gasteiger partial charge in [-0.15, -0.1) is 10.2 Å². The number of hydrogen-bond donors (Lipinski definition) is 8. The van der Waals surface area contributed by atoms with Gasteiger partial charge in [-0.3, -0.25) is 19.6 Å². The van der Waals surface area contributed by atoms with Crippen LogP contribution in [0.4, 0.5) is 89.1 Å². The first-order valence-corrected chi connectivity index (χ1v) is 33.6. The van der Waals surface area contributed by atoms with Gasteiger partial charge in [0.1, 0.15) is 5.60 Å². The highest BCUT2D eigenvalue weighted by Gasteiger charge is 2.53. The first-order valence-electron chi connectivity index (χ1n) is 33.3. The van der Waals surface area contributed by atoms with E-state index in [2.05, 4.69) is 87.5 Å². The molecule has 11 rings (SSSR count). The smallest absolute Gasteiger partial charge is 0.435 e. The Balaban J connectivity index is 0.000000225. The number of piperidine rings is 2. The second-order valence-electron chi connectivity index (χ2n) is 27.0. The molecule has 2 saturated heterocycles. The zero-order valence-corrected chi connectivity index (χ0v) is 60.5. The van der Waals surface area contributed by atoms with E-state index in [1.807, 2.05) is 72.4 Å². The van der Waals surface area contributed by atoms with Crippen LogP contribution in [0.3, 0.4) is 0 Å². The van der Waals surface area contributed by atoms with Gasteiger partial charge in [-0.05, 0) is 123 Å². The molecular weight excluding hydrogens is 1370 g/mol. The van der Waals surface area contributed by atoms with Crippen LogP contribution >= 0.6 is 11.6 Å². The average molecular weight is 1470 g/mol. The third-order valence-electron chi connectivity index (χ3n) is 17.3. The summed E-state index contributed by atoms with van der Waals surface area (Å²) in [6.07, 6.45) is 2.15. The van der Waals surface area contributed by atoms with E-state index in [1.54, 1.807) is 53.4 Å². The van der Waals surface area contributed by atoms with Crippen molar-refractivity contribution < 1.29 is 60.1 Å². The van der Waals surface area contributed by atoms with Gasteiger partial charge in [0.25, 0.3) is 11.1 Å². The molecular formula is C66H99ClF5N23O8. The summed E-state index contributed by atoms with van der Waals surface area (Å²) in [6, 6.07) is 0. The first-order chi connectivity index (χ1) is 47.5. The Morgan fingerprint density at radius 2 is 0.971 bits per heavy atom. The number of halogens is 6. The summed E-state index contributed by atoms with van der Waals surface area (Å²) in [5.41, 5.74) is -2.75. The molecule has 37 heteroatoms. The summed E-state index contributed by atoms with van der Waals surface area (Å²) in [7, 11) is 3.82. The topological polar surface area (TPSA) is 352 Å².